The second-order valence-corrected chi connectivity index (χ2v) is 5.88. The summed E-state index contributed by atoms with van der Waals surface area (Å²) in [6.45, 7) is 1.80. The highest BCUT2D eigenvalue weighted by molar-refractivity contribution is 5.83. The number of imidazole rings is 1. The number of nitrogens with one attached hydrogen (secondary N) is 1. The number of aryl methyl sites for hydroxylation is 1. The molecule has 3 heterocycles. The molecule has 0 spiro atoms. The predicted molar refractivity (Wildman–Crippen MR) is 100 cm³/mol. The van der Waals surface area contributed by atoms with E-state index in [1.54, 1.807) is 6.20 Å². The molecule has 0 saturated carbocycles. The van der Waals surface area contributed by atoms with Crippen molar-refractivity contribution < 1.29 is 0 Å². The van der Waals surface area contributed by atoms with Crippen LogP contribution in [0.4, 0.5) is 5.69 Å². The molecule has 124 valence electrons. The molecule has 0 bridgehead atoms. The van der Waals surface area contributed by atoms with Crippen LogP contribution in [0, 0.1) is 0 Å². The summed E-state index contributed by atoms with van der Waals surface area (Å²) in [7, 11) is 0. The lowest BCUT2D eigenvalue weighted by Gasteiger charge is -2.10. The van der Waals surface area contributed by atoms with Crippen LogP contribution in [0.25, 0.3) is 22.3 Å². The van der Waals surface area contributed by atoms with Crippen LogP contribution in [0.15, 0.2) is 73.4 Å². The van der Waals surface area contributed by atoms with Gasteiger partial charge in [0, 0.05) is 55.0 Å². The number of benzene rings is 1. The largest absolute Gasteiger partial charge is 0.384 e. The molecule has 0 aliphatic rings. The van der Waals surface area contributed by atoms with E-state index in [0.717, 1.165) is 47.5 Å². The first-order valence-electron chi connectivity index (χ1n) is 8.40. The molecular formula is C20H19N5. The molecule has 0 atom stereocenters. The molecule has 0 aliphatic heterocycles. The Bertz CT molecular complexity index is 962. The van der Waals surface area contributed by atoms with Gasteiger partial charge >= 0.3 is 0 Å². The van der Waals surface area contributed by atoms with Gasteiger partial charge in [0.25, 0.3) is 0 Å². The van der Waals surface area contributed by atoms with Gasteiger partial charge in [0.05, 0.1) is 11.2 Å². The zero-order valence-electron chi connectivity index (χ0n) is 13.8. The minimum atomic E-state index is 0.894. The highest BCUT2D eigenvalue weighted by Gasteiger charge is 2.07. The number of nitrogens with zero attached hydrogens (tertiary/aromatic N) is 4. The fraction of sp³-hybridized carbons (Fsp3) is 0.150. The fourth-order valence-corrected chi connectivity index (χ4v) is 2.91. The van der Waals surface area contributed by atoms with E-state index in [0.29, 0.717) is 0 Å². The maximum Gasteiger partial charge on any atom is 0.139 e. The van der Waals surface area contributed by atoms with E-state index >= 15 is 0 Å². The molecule has 4 rings (SSSR count). The SMILES string of the molecule is c1cncc(NCCCn2ccnc2-c2ccc3ncccc3c2)c1. The highest BCUT2D eigenvalue weighted by atomic mass is 15.1. The fourth-order valence-electron chi connectivity index (χ4n) is 2.91. The van der Waals surface area contributed by atoms with Gasteiger partial charge in [-0.3, -0.25) is 9.97 Å². The lowest BCUT2D eigenvalue weighted by atomic mass is 10.1. The van der Waals surface area contributed by atoms with E-state index in [1.807, 2.05) is 49.1 Å². The van der Waals surface area contributed by atoms with Crippen molar-refractivity contribution in [1.82, 2.24) is 19.5 Å². The van der Waals surface area contributed by atoms with Crippen molar-refractivity contribution in [2.75, 3.05) is 11.9 Å². The van der Waals surface area contributed by atoms with E-state index in [2.05, 4.69) is 43.0 Å². The molecule has 0 fully saturated rings. The molecule has 4 aromatic rings. The van der Waals surface area contributed by atoms with Gasteiger partial charge in [-0.05, 0) is 42.8 Å². The van der Waals surface area contributed by atoms with Crippen LogP contribution in [0.2, 0.25) is 0 Å². The third-order valence-electron chi connectivity index (χ3n) is 4.14. The van der Waals surface area contributed by atoms with E-state index in [9.17, 15) is 0 Å². The van der Waals surface area contributed by atoms with Crippen LogP contribution in [0.5, 0.6) is 0 Å². The number of anilines is 1. The Balaban J connectivity index is 1.44. The van der Waals surface area contributed by atoms with Gasteiger partial charge in [-0.25, -0.2) is 4.98 Å². The Kier molecular flexibility index (Phi) is 4.37. The molecule has 5 heteroatoms. The average molecular weight is 329 g/mol. The van der Waals surface area contributed by atoms with Gasteiger partial charge in [-0.15, -0.1) is 0 Å². The zero-order chi connectivity index (χ0) is 16.9. The first-order valence-corrected chi connectivity index (χ1v) is 8.40. The monoisotopic (exact) mass is 329 g/mol. The maximum absolute atomic E-state index is 4.54. The Labute approximate surface area is 146 Å². The predicted octanol–water partition coefficient (Wildman–Crippen LogP) is 4.00. The number of hydrogen-bond acceptors (Lipinski definition) is 4. The minimum absolute atomic E-state index is 0.894. The molecule has 1 N–H and O–H groups in total. The summed E-state index contributed by atoms with van der Waals surface area (Å²) in [5, 5.41) is 4.52. The van der Waals surface area contributed by atoms with Crippen LogP contribution in [0.3, 0.4) is 0 Å². The summed E-state index contributed by atoms with van der Waals surface area (Å²) in [6.07, 6.45) is 10.3. The summed E-state index contributed by atoms with van der Waals surface area (Å²) in [4.78, 5) is 13.0. The van der Waals surface area contributed by atoms with Crippen LogP contribution in [0.1, 0.15) is 6.42 Å². The van der Waals surface area contributed by atoms with Crippen molar-refractivity contribution in [3.63, 3.8) is 0 Å². The number of hydrogen-bond donors (Lipinski definition) is 1. The summed E-state index contributed by atoms with van der Waals surface area (Å²) >= 11 is 0. The second kappa shape index (κ2) is 7.13. The summed E-state index contributed by atoms with van der Waals surface area (Å²) in [6, 6.07) is 14.3. The molecule has 0 unspecified atom stereocenters. The Morgan fingerprint density at radius 1 is 0.960 bits per heavy atom. The second-order valence-electron chi connectivity index (χ2n) is 5.88. The molecule has 0 amide bonds. The molecule has 25 heavy (non-hydrogen) atoms. The number of aromatic nitrogens is 4. The topological polar surface area (TPSA) is 55.6 Å². The van der Waals surface area contributed by atoms with Gasteiger partial charge in [0.2, 0.25) is 0 Å². The smallest absolute Gasteiger partial charge is 0.139 e. The summed E-state index contributed by atoms with van der Waals surface area (Å²) in [5.41, 5.74) is 3.17. The van der Waals surface area contributed by atoms with Gasteiger partial charge in [-0.2, -0.15) is 0 Å². The minimum Gasteiger partial charge on any atom is -0.384 e. The first kappa shape index (κ1) is 15.3. The van der Waals surface area contributed by atoms with Crippen molar-refractivity contribution >= 4 is 16.6 Å². The molecule has 0 saturated heterocycles. The summed E-state index contributed by atoms with van der Waals surface area (Å²) < 4.78 is 2.20. The number of pyridine rings is 2. The van der Waals surface area contributed by atoms with Gasteiger partial charge in [-0.1, -0.05) is 6.07 Å². The molecule has 0 aliphatic carbocycles. The van der Waals surface area contributed by atoms with Crippen LogP contribution in [-0.4, -0.2) is 26.1 Å². The van der Waals surface area contributed by atoms with E-state index in [-0.39, 0.29) is 0 Å². The highest BCUT2D eigenvalue weighted by Crippen LogP contribution is 2.22. The maximum atomic E-state index is 4.54. The van der Waals surface area contributed by atoms with Crippen molar-refractivity contribution in [2.24, 2.45) is 0 Å². The molecule has 3 aromatic heterocycles. The van der Waals surface area contributed by atoms with Crippen molar-refractivity contribution in [1.29, 1.82) is 0 Å². The molecule has 1 aromatic carbocycles. The quantitative estimate of drug-likeness (QED) is 0.543. The average Bonchev–Trinajstić information content (AvgIpc) is 3.14. The Morgan fingerprint density at radius 2 is 1.92 bits per heavy atom. The first-order chi connectivity index (χ1) is 12.4. The van der Waals surface area contributed by atoms with Crippen LogP contribution < -0.4 is 5.32 Å². The van der Waals surface area contributed by atoms with E-state index in [1.165, 1.54) is 0 Å². The summed E-state index contributed by atoms with van der Waals surface area (Å²) in [5.74, 6) is 0.993. The Hall–Kier alpha value is -3.21. The van der Waals surface area contributed by atoms with Crippen molar-refractivity contribution in [3.8, 4) is 11.4 Å². The normalized spacial score (nSPS) is 10.9. The van der Waals surface area contributed by atoms with Crippen LogP contribution in [-0.2, 0) is 6.54 Å². The van der Waals surface area contributed by atoms with Gasteiger partial charge < -0.3 is 9.88 Å². The third kappa shape index (κ3) is 3.50. The zero-order valence-corrected chi connectivity index (χ0v) is 13.8. The van der Waals surface area contributed by atoms with E-state index in [4.69, 9.17) is 0 Å². The Morgan fingerprint density at radius 3 is 2.84 bits per heavy atom. The standard InChI is InChI=1S/C20H19N5/c1-4-16-14-17(6-7-19(16)23-9-1)20-24-11-13-25(20)12-3-10-22-18-5-2-8-21-15-18/h1-2,4-9,11,13-15,22H,3,10,12H2. The molecular weight excluding hydrogens is 310 g/mol. The van der Waals surface area contributed by atoms with Crippen molar-refractivity contribution in [2.45, 2.75) is 13.0 Å². The van der Waals surface area contributed by atoms with Gasteiger partial charge in [0.1, 0.15) is 5.82 Å². The molecule has 5 nitrogen and oxygen atoms in total. The molecule has 0 radical (unpaired) electrons. The van der Waals surface area contributed by atoms with Gasteiger partial charge in [0.15, 0.2) is 0 Å². The van der Waals surface area contributed by atoms with Crippen molar-refractivity contribution in [3.05, 3.63) is 73.4 Å². The lowest BCUT2D eigenvalue weighted by Crippen LogP contribution is -2.07. The lowest BCUT2D eigenvalue weighted by molar-refractivity contribution is 0.667. The van der Waals surface area contributed by atoms with E-state index < -0.39 is 0 Å². The number of rotatable bonds is 6. The third-order valence-corrected chi connectivity index (χ3v) is 4.14. The number of fused-ring (bicyclic) bond motifs is 1. The van der Waals surface area contributed by atoms with Crippen LogP contribution >= 0.6 is 0 Å².